The van der Waals surface area contributed by atoms with Gasteiger partial charge in [-0.05, 0) is 46.4 Å². The molecule has 7 heteroatoms. The fraction of sp³-hybridized carbons (Fsp3) is 0.273. The highest BCUT2D eigenvalue weighted by Crippen LogP contribution is 2.25. The van der Waals surface area contributed by atoms with E-state index in [4.69, 9.17) is 0 Å². The van der Waals surface area contributed by atoms with Crippen LogP contribution in [0.1, 0.15) is 48.7 Å². The molecule has 1 atom stereocenters. The van der Waals surface area contributed by atoms with E-state index in [9.17, 15) is 19.7 Å². The first-order valence-corrected chi connectivity index (χ1v) is 9.31. The first-order chi connectivity index (χ1) is 13.6. The molecule has 1 aliphatic rings. The van der Waals surface area contributed by atoms with Crippen LogP contribution in [-0.4, -0.2) is 22.8 Å². The Morgan fingerprint density at radius 2 is 1.72 bits per heavy atom. The maximum Gasteiger partial charge on any atom is 0.269 e. The maximum atomic E-state index is 12.6. The van der Waals surface area contributed by atoms with Crippen LogP contribution in [0, 0.1) is 10.1 Å². The summed E-state index contributed by atoms with van der Waals surface area (Å²) >= 11 is 0. The zero-order chi connectivity index (χ0) is 21.2. The molecule has 2 aromatic rings. The van der Waals surface area contributed by atoms with Crippen molar-refractivity contribution in [3.05, 3.63) is 81.5 Å². The first-order valence-electron chi connectivity index (χ1n) is 9.31. The summed E-state index contributed by atoms with van der Waals surface area (Å²) in [6.45, 7) is 6.29. The van der Waals surface area contributed by atoms with Gasteiger partial charge in [-0.25, -0.2) is 0 Å². The highest BCUT2D eigenvalue weighted by molar-refractivity contribution is 5.99. The average molecular weight is 393 g/mol. The molecule has 0 saturated heterocycles. The number of nitro groups is 1. The number of nitro benzene ring substituents is 1. The molecule has 29 heavy (non-hydrogen) atoms. The number of amides is 2. The minimum atomic E-state index is -0.722. The van der Waals surface area contributed by atoms with E-state index in [1.807, 2.05) is 12.1 Å². The third-order valence-electron chi connectivity index (χ3n) is 4.90. The Labute approximate surface area is 169 Å². The Morgan fingerprint density at radius 3 is 2.28 bits per heavy atom. The van der Waals surface area contributed by atoms with Gasteiger partial charge in [0.2, 0.25) is 5.91 Å². The molecule has 0 aliphatic carbocycles. The van der Waals surface area contributed by atoms with Crippen molar-refractivity contribution < 1.29 is 14.5 Å². The van der Waals surface area contributed by atoms with Crippen molar-refractivity contribution in [2.75, 3.05) is 0 Å². The fourth-order valence-corrected chi connectivity index (χ4v) is 3.11. The van der Waals surface area contributed by atoms with Crippen molar-refractivity contribution in [2.45, 2.75) is 38.6 Å². The molecule has 0 saturated carbocycles. The van der Waals surface area contributed by atoms with Gasteiger partial charge in [0.05, 0.1) is 4.92 Å². The second kappa shape index (κ2) is 7.87. The Balaban J connectivity index is 1.71. The highest BCUT2D eigenvalue weighted by atomic mass is 16.6. The summed E-state index contributed by atoms with van der Waals surface area (Å²) in [7, 11) is 0. The Bertz CT molecular complexity index is 971. The van der Waals surface area contributed by atoms with Gasteiger partial charge in [-0.3, -0.25) is 19.7 Å². The maximum absolute atomic E-state index is 12.6. The van der Waals surface area contributed by atoms with Crippen LogP contribution in [0.5, 0.6) is 0 Å². The van der Waals surface area contributed by atoms with E-state index >= 15 is 0 Å². The van der Waals surface area contributed by atoms with Gasteiger partial charge in [-0.15, -0.1) is 0 Å². The lowest BCUT2D eigenvalue weighted by Crippen LogP contribution is -2.47. The lowest BCUT2D eigenvalue weighted by atomic mass is 9.86. The smallest absolute Gasteiger partial charge is 0.269 e. The molecular weight excluding hydrogens is 370 g/mol. The Kier molecular flexibility index (Phi) is 5.50. The van der Waals surface area contributed by atoms with E-state index < -0.39 is 11.0 Å². The van der Waals surface area contributed by atoms with Crippen LogP contribution >= 0.6 is 0 Å². The zero-order valence-corrected chi connectivity index (χ0v) is 16.6. The second-order valence-electron chi connectivity index (χ2n) is 8.04. The molecule has 1 aliphatic heterocycles. The van der Waals surface area contributed by atoms with Gasteiger partial charge in [0.1, 0.15) is 6.04 Å². The number of hydrogen-bond donors (Lipinski definition) is 2. The third kappa shape index (κ3) is 4.68. The zero-order valence-electron chi connectivity index (χ0n) is 16.6. The van der Waals surface area contributed by atoms with Crippen LogP contribution in [0.2, 0.25) is 0 Å². The van der Waals surface area contributed by atoms with Gasteiger partial charge < -0.3 is 10.6 Å². The van der Waals surface area contributed by atoms with Crippen LogP contribution in [0.3, 0.4) is 0 Å². The predicted octanol–water partition coefficient (Wildman–Crippen LogP) is 3.55. The van der Waals surface area contributed by atoms with E-state index in [-0.39, 0.29) is 22.9 Å². The van der Waals surface area contributed by atoms with E-state index in [0.717, 1.165) is 16.7 Å². The van der Waals surface area contributed by atoms with Crippen LogP contribution in [0.25, 0.3) is 5.57 Å². The molecule has 3 rings (SSSR count). The number of benzene rings is 2. The number of hydrogen-bond acceptors (Lipinski definition) is 4. The van der Waals surface area contributed by atoms with Gasteiger partial charge >= 0.3 is 0 Å². The predicted molar refractivity (Wildman–Crippen MR) is 110 cm³/mol. The van der Waals surface area contributed by atoms with Crippen LogP contribution in [-0.2, 0) is 10.2 Å². The van der Waals surface area contributed by atoms with Crippen molar-refractivity contribution >= 4 is 23.1 Å². The molecule has 2 amide bonds. The van der Waals surface area contributed by atoms with Gasteiger partial charge in [0, 0.05) is 30.3 Å². The lowest BCUT2D eigenvalue weighted by molar-refractivity contribution is -0.384. The molecule has 1 unspecified atom stereocenters. The molecule has 7 nitrogen and oxygen atoms in total. The number of nitrogens with zero attached hydrogens (tertiary/aromatic N) is 1. The lowest BCUT2D eigenvalue weighted by Gasteiger charge is -2.24. The largest absolute Gasteiger partial charge is 0.340 e. The van der Waals surface area contributed by atoms with E-state index in [1.165, 1.54) is 12.1 Å². The second-order valence-corrected chi connectivity index (χ2v) is 8.04. The monoisotopic (exact) mass is 393 g/mol. The molecule has 2 N–H and O–H groups in total. The molecule has 1 heterocycles. The molecule has 2 aromatic carbocycles. The summed E-state index contributed by atoms with van der Waals surface area (Å²) in [4.78, 5) is 35.1. The minimum absolute atomic E-state index is 0.00208. The number of carbonyl (C=O) groups excluding carboxylic acids is 2. The third-order valence-corrected chi connectivity index (χ3v) is 4.90. The van der Waals surface area contributed by atoms with Crippen molar-refractivity contribution in [1.82, 2.24) is 10.6 Å². The molecule has 0 fully saturated rings. The molecule has 0 aromatic heterocycles. The standard InChI is InChI=1S/C22H23N3O4/c1-22(2,3)17-8-4-15(5-9-17)20(26)24-19-12-16(13-23-21(19)27)14-6-10-18(11-7-14)25(28)29/h4-11,13,19H,12H2,1-3H3,(H,23,27)(H,24,26). The van der Waals surface area contributed by atoms with Crippen molar-refractivity contribution in [1.29, 1.82) is 0 Å². The number of nitrogens with one attached hydrogen (secondary N) is 2. The van der Waals surface area contributed by atoms with Crippen LogP contribution < -0.4 is 10.6 Å². The molecular formula is C22H23N3O4. The quantitative estimate of drug-likeness (QED) is 0.613. The summed E-state index contributed by atoms with van der Waals surface area (Å²) in [6, 6.07) is 12.7. The summed E-state index contributed by atoms with van der Waals surface area (Å²) in [5, 5.41) is 16.2. The van der Waals surface area contributed by atoms with E-state index in [2.05, 4.69) is 31.4 Å². The molecule has 0 bridgehead atoms. The van der Waals surface area contributed by atoms with Gasteiger partial charge in [-0.2, -0.15) is 0 Å². The summed E-state index contributed by atoms with van der Waals surface area (Å²) in [5.41, 5.74) is 3.13. The number of carbonyl (C=O) groups is 2. The van der Waals surface area contributed by atoms with Crippen LogP contribution in [0.4, 0.5) is 5.69 Å². The molecule has 0 spiro atoms. The van der Waals surface area contributed by atoms with Crippen LogP contribution in [0.15, 0.2) is 54.7 Å². The summed E-state index contributed by atoms with van der Waals surface area (Å²) in [6.07, 6.45) is 1.87. The van der Waals surface area contributed by atoms with E-state index in [1.54, 1.807) is 30.5 Å². The SMILES string of the molecule is CC(C)(C)c1ccc(C(=O)NC2CC(c3ccc([N+](=O)[O-])cc3)=CNC2=O)cc1. The minimum Gasteiger partial charge on any atom is -0.340 e. The van der Waals surface area contributed by atoms with Gasteiger partial charge in [0.15, 0.2) is 0 Å². The highest BCUT2D eigenvalue weighted by Gasteiger charge is 2.26. The summed E-state index contributed by atoms with van der Waals surface area (Å²) in [5.74, 6) is -0.620. The first kappa shape index (κ1) is 20.3. The normalized spacial score (nSPS) is 16.6. The Hall–Kier alpha value is -3.48. The average Bonchev–Trinajstić information content (AvgIpc) is 2.69. The number of rotatable bonds is 4. The molecule has 0 radical (unpaired) electrons. The van der Waals surface area contributed by atoms with Crippen molar-refractivity contribution in [2.24, 2.45) is 0 Å². The van der Waals surface area contributed by atoms with Crippen molar-refractivity contribution in [3.63, 3.8) is 0 Å². The summed E-state index contributed by atoms with van der Waals surface area (Å²) < 4.78 is 0. The van der Waals surface area contributed by atoms with E-state index in [0.29, 0.717) is 12.0 Å². The van der Waals surface area contributed by atoms with Gasteiger partial charge in [0.25, 0.3) is 11.6 Å². The number of non-ortho nitro benzene ring substituents is 1. The fourth-order valence-electron chi connectivity index (χ4n) is 3.11. The van der Waals surface area contributed by atoms with Gasteiger partial charge in [-0.1, -0.05) is 32.9 Å². The molecule has 150 valence electrons. The Morgan fingerprint density at radius 1 is 1.10 bits per heavy atom. The topological polar surface area (TPSA) is 101 Å². The van der Waals surface area contributed by atoms with Crippen molar-refractivity contribution in [3.8, 4) is 0 Å².